The van der Waals surface area contributed by atoms with Crippen LogP contribution in [0.5, 0.6) is 11.5 Å². The highest BCUT2D eigenvalue weighted by atomic mass is 16.5. The van der Waals surface area contributed by atoms with E-state index in [0.29, 0.717) is 17.9 Å². The molecule has 0 amide bonds. The molecule has 2 aromatic rings. The normalized spacial score (nSPS) is 11.2. The summed E-state index contributed by atoms with van der Waals surface area (Å²) in [6, 6.07) is 15.0. The van der Waals surface area contributed by atoms with Gasteiger partial charge >= 0.3 is 0 Å². The largest absolute Gasteiger partial charge is 0.497 e. The fourth-order valence-corrected chi connectivity index (χ4v) is 1.88. The monoisotopic (exact) mass is 286 g/mol. The zero-order chi connectivity index (χ0) is 15.1. The van der Waals surface area contributed by atoms with Gasteiger partial charge < -0.3 is 20.4 Å². The lowest BCUT2D eigenvalue weighted by Gasteiger charge is -2.08. The highest BCUT2D eigenvalue weighted by molar-refractivity contribution is 5.97. The molecular formula is C16H18N2O3. The van der Waals surface area contributed by atoms with Crippen molar-refractivity contribution < 1.29 is 14.7 Å². The van der Waals surface area contributed by atoms with E-state index in [1.165, 1.54) is 5.56 Å². The lowest BCUT2D eigenvalue weighted by Crippen LogP contribution is -2.13. The molecule has 2 rings (SSSR count). The number of nitrogens with zero attached hydrogens (tertiary/aromatic N) is 1. The number of hydrogen-bond acceptors (Lipinski definition) is 4. The first kappa shape index (κ1) is 14.7. The summed E-state index contributed by atoms with van der Waals surface area (Å²) >= 11 is 0. The molecule has 0 aliphatic heterocycles. The molecule has 3 N–H and O–H groups in total. The van der Waals surface area contributed by atoms with Crippen LogP contribution in [0.4, 0.5) is 0 Å². The predicted octanol–water partition coefficient (Wildman–Crippen LogP) is 2.41. The van der Waals surface area contributed by atoms with E-state index in [1.807, 2.05) is 30.3 Å². The second-order valence-corrected chi connectivity index (χ2v) is 4.46. The van der Waals surface area contributed by atoms with Crippen LogP contribution in [-0.2, 0) is 6.42 Å². The van der Waals surface area contributed by atoms with Gasteiger partial charge in [-0.3, -0.25) is 0 Å². The zero-order valence-corrected chi connectivity index (χ0v) is 11.8. The van der Waals surface area contributed by atoms with E-state index in [9.17, 15) is 0 Å². The number of ether oxygens (including phenoxy) is 2. The topological polar surface area (TPSA) is 77.1 Å². The molecule has 0 aliphatic rings. The molecule has 21 heavy (non-hydrogen) atoms. The molecule has 5 nitrogen and oxygen atoms in total. The number of rotatable bonds is 6. The van der Waals surface area contributed by atoms with Crippen molar-refractivity contribution in [1.29, 1.82) is 0 Å². The molecule has 0 fully saturated rings. The van der Waals surface area contributed by atoms with Gasteiger partial charge in [0.05, 0.1) is 13.7 Å². The smallest absolute Gasteiger partial charge is 0.170 e. The van der Waals surface area contributed by atoms with Crippen molar-refractivity contribution in [3.8, 4) is 11.5 Å². The minimum atomic E-state index is 0.0654. The van der Waals surface area contributed by atoms with Gasteiger partial charge in [-0.25, -0.2) is 0 Å². The van der Waals surface area contributed by atoms with Crippen LogP contribution in [0.1, 0.15) is 11.1 Å². The zero-order valence-electron chi connectivity index (χ0n) is 11.8. The number of hydrogen-bond donors (Lipinski definition) is 2. The Bertz CT molecular complexity index is 609. The van der Waals surface area contributed by atoms with Crippen molar-refractivity contribution >= 4 is 5.84 Å². The third-order valence-electron chi connectivity index (χ3n) is 3.06. The fraction of sp³-hybridized carbons (Fsp3) is 0.188. The Hall–Kier alpha value is -2.69. The van der Waals surface area contributed by atoms with Gasteiger partial charge in [0.2, 0.25) is 0 Å². The number of methoxy groups -OCH3 is 1. The summed E-state index contributed by atoms with van der Waals surface area (Å²) in [6.07, 6.45) is 0.789. The van der Waals surface area contributed by atoms with E-state index in [0.717, 1.165) is 12.2 Å². The number of nitrogens with two attached hydrogens (primary N) is 1. The van der Waals surface area contributed by atoms with E-state index >= 15 is 0 Å². The number of amidine groups is 1. The van der Waals surface area contributed by atoms with Gasteiger partial charge in [-0.1, -0.05) is 29.4 Å². The Morgan fingerprint density at radius 3 is 2.57 bits per heavy atom. The standard InChI is InChI=1S/C16H18N2O3/c1-20-14-7-5-12(6-8-14)9-10-21-15-4-2-3-13(11-15)16(17)18-19/h2-8,11,19H,9-10H2,1H3,(H2,17,18). The van der Waals surface area contributed by atoms with Gasteiger partial charge in [-0.05, 0) is 29.8 Å². The molecule has 0 unspecified atom stereocenters. The summed E-state index contributed by atoms with van der Waals surface area (Å²) in [5.41, 5.74) is 7.34. The third-order valence-corrected chi connectivity index (χ3v) is 3.06. The summed E-state index contributed by atoms with van der Waals surface area (Å²) in [7, 11) is 1.65. The van der Waals surface area contributed by atoms with E-state index in [1.54, 1.807) is 25.3 Å². The molecule has 110 valence electrons. The van der Waals surface area contributed by atoms with Crippen molar-refractivity contribution in [3.63, 3.8) is 0 Å². The van der Waals surface area contributed by atoms with E-state index < -0.39 is 0 Å². The molecular weight excluding hydrogens is 268 g/mol. The van der Waals surface area contributed by atoms with Crippen molar-refractivity contribution in [1.82, 2.24) is 0 Å². The summed E-state index contributed by atoms with van der Waals surface area (Å²) in [5.74, 6) is 1.59. The second kappa shape index (κ2) is 7.19. The Kier molecular flexibility index (Phi) is 5.04. The van der Waals surface area contributed by atoms with Gasteiger partial charge in [0, 0.05) is 12.0 Å². The van der Waals surface area contributed by atoms with Crippen LogP contribution in [-0.4, -0.2) is 24.8 Å². The average molecular weight is 286 g/mol. The van der Waals surface area contributed by atoms with Gasteiger partial charge in [0.15, 0.2) is 5.84 Å². The van der Waals surface area contributed by atoms with E-state index in [-0.39, 0.29) is 5.84 Å². The molecule has 0 atom stereocenters. The van der Waals surface area contributed by atoms with Crippen LogP contribution in [0, 0.1) is 0 Å². The van der Waals surface area contributed by atoms with Gasteiger partial charge in [-0.2, -0.15) is 0 Å². The summed E-state index contributed by atoms with van der Waals surface area (Å²) in [4.78, 5) is 0. The Balaban J connectivity index is 1.91. The molecule has 0 bridgehead atoms. The van der Waals surface area contributed by atoms with Crippen LogP contribution in [0.2, 0.25) is 0 Å². The molecule has 0 radical (unpaired) electrons. The van der Waals surface area contributed by atoms with Crippen molar-refractivity contribution in [2.75, 3.05) is 13.7 Å². The average Bonchev–Trinajstić information content (AvgIpc) is 2.55. The maximum atomic E-state index is 8.66. The molecule has 0 saturated carbocycles. The van der Waals surface area contributed by atoms with Crippen LogP contribution >= 0.6 is 0 Å². The lowest BCUT2D eigenvalue weighted by molar-refractivity contribution is 0.318. The van der Waals surface area contributed by atoms with Crippen LogP contribution in [0.15, 0.2) is 53.7 Å². The summed E-state index contributed by atoms with van der Waals surface area (Å²) < 4.78 is 10.8. The van der Waals surface area contributed by atoms with Crippen molar-refractivity contribution in [3.05, 3.63) is 59.7 Å². The Labute approximate surface area is 123 Å². The highest BCUT2D eigenvalue weighted by Gasteiger charge is 2.02. The lowest BCUT2D eigenvalue weighted by atomic mass is 10.1. The summed E-state index contributed by atoms with van der Waals surface area (Å²) in [5, 5.41) is 11.6. The summed E-state index contributed by atoms with van der Waals surface area (Å²) in [6.45, 7) is 0.548. The van der Waals surface area contributed by atoms with Crippen LogP contribution in [0.25, 0.3) is 0 Å². The van der Waals surface area contributed by atoms with Crippen LogP contribution < -0.4 is 15.2 Å². The van der Waals surface area contributed by atoms with E-state index in [2.05, 4.69) is 5.16 Å². The predicted molar refractivity (Wildman–Crippen MR) is 81.1 cm³/mol. The molecule has 0 saturated heterocycles. The molecule has 0 heterocycles. The number of benzene rings is 2. The van der Waals surface area contributed by atoms with E-state index in [4.69, 9.17) is 20.4 Å². The SMILES string of the molecule is COc1ccc(CCOc2cccc(C(N)=NO)c2)cc1. The number of oxime groups is 1. The quantitative estimate of drug-likeness (QED) is 0.370. The molecule has 0 spiro atoms. The maximum Gasteiger partial charge on any atom is 0.170 e. The first-order valence-corrected chi connectivity index (χ1v) is 6.56. The van der Waals surface area contributed by atoms with Crippen LogP contribution in [0.3, 0.4) is 0 Å². The highest BCUT2D eigenvalue weighted by Crippen LogP contribution is 2.15. The first-order chi connectivity index (χ1) is 10.2. The van der Waals surface area contributed by atoms with Crippen molar-refractivity contribution in [2.24, 2.45) is 10.9 Å². The molecule has 5 heteroatoms. The minimum Gasteiger partial charge on any atom is -0.497 e. The molecule has 0 aromatic heterocycles. The fourth-order valence-electron chi connectivity index (χ4n) is 1.88. The molecule has 2 aromatic carbocycles. The second-order valence-electron chi connectivity index (χ2n) is 4.46. The van der Waals surface area contributed by atoms with Gasteiger partial charge in [0.25, 0.3) is 0 Å². The Morgan fingerprint density at radius 1 is 1.14 bits per heavy atom. The van der Waals surface area contributed by atoms with Gasteiger partial charge in [0.1, 0.15) is 11.5 Å². The minimum absolute atomic E-state index is 0.0654. The van der Waals surface area contributed by atoms with Crippen molar-refractivity contribution in [2.45, 2.75) is 6.42 Å². The maximum absolute atomic E-state index is 8.66. The van der Waals surface area contributed by atoms with Gasteiger partial charge in [-0.15, -0.1) is 0 Å². The third kappa shape index (κ3) is 4.14. The first-order valence-electron chi connectivity index (χ1n) is 6.56. The molecule has 0 aliphatic carbocycles. The Morgan fingerprint density at radius 2 is 1.90 bits per heavy atom.